The van der Waals surface area contributed by atoms with Gasteiger partial charge in [-0.2, -0.15) is 0 Å². The lowest BCUT2D eigenvalue weighted by molar-refractivity contribution is 0.421. The lowest BCUT2D eigenvalue weighted by atomic mass is 10.1. The molecule has 2 aromatic rings. The molecule has 1 unspecified atom stereocenters. The van der Waals surface area contributed by atoms with E-state index in [1.54, 1.807) is 18.3 Å². The molecule has 0 fully saturated rings. The van der Waals surface area contributed by atoms with Gasteiger partial charge in [0.2, 0.25) is 5.88 Å². The van der Waals surface area contributed by atoms with E-state index in [0.717, 1.165) is 10.0 Å². The van der Waals surface area contributed by atoms with Crippen molar-refractivity contribution in [1.82, 2.24) is 4.98 Å². The molecule has 1 aromatic carbocycles. The van der Waals surface area contributed by atoms with E-state index in [2.05, 4.69) is 20.9 Å². The fourth-order valence-corrected chi connectivity index (χ4v) is 2.02. The summed E-state index contributed by atoms with van der Waals surface area (Å²) in [6.45, 7) is 1.90. The van der Waals surface area contributed by atoms with E-state index in [-0.39, 0.29) is 11.8 Å². The monoisotopic (exact) mass is 324 g/mol. The van der Waals surface area contributed by atoms with Crippen LogP contribution >= 0.6 is 15.9 Å². The third-order valence-electron chi connectivity index (χ3n) is 2.49. The van der Waals surface area contributed by atoms with Gasteiger partial charge in [-0.15, -0.1) is 0 Å². The largest absolute Gasteiger partial charge is 0.436 e. The maximum Gasteiger partial charge on any atom is 0.222 e. The molecule has 2 rings (SSSR count). The summed E-state index contributed by atoms with van der Waals surface area (Å²) in [4.78, 5) is 4.14. The third-order valence-corrected chi connectivity index (χ3v) is 2.98. The summed E-state index contributed by atoms with van der Waals surface area (Å²) in [5.41, 5.74) is 6.63. The van der Waals surface area contributed by atoms with Crippen LogP contribution in [0.25, 0.3) is 0 Å². The van der Waals surface area contributed by atoms with Crippen LogP contribution in [0, 0.1) is 5.82 Å². The standard InChI is InChI=1S/C14H14BrFN2O/c1-9(17)7-10-3-2-6-18-14(10)19-13-8-11(15)4-5-12(13)16/h2-6,8-9H,7,17H2,1H3. The Balaban J connectivity index is 2.30. The van der Waals surface area contributed by atoms with Crippen molar-refractivity contribution in [2.75, 3.05) is 0 Å². The van der Waals surface area contributed by atoms with Crippen LogP contribution in [-0.2, 0) is 6.42 Å². The SMILES string of the molecule is CC(N)Cc1cccnc1Oc1cc(Br)ccc1F. The van der Waals surface area contributed by atoms with Crippen LogP contribution in [0.2, 0.25) is 0 Å². The molecule has 5 heteroatoms. The van der Waals surface area contributed by atoms with Gasteiger partial charge in [-0.1, -0.05) is 22.0 Å². The number of hydrogen-bond acceptors (Lipinski definition) is 3. The number of aromatic nitrogens is 1. The number of ether oxygens (including phenoxy) is 1. The van der Waals surface area contributed by atoms with E-state index in [9.17, 15) is 4.39 Å². The first-order chi connectivity index (χ1) is 9.06. The normalized spacial score (nSPS) is 12.2. The average Bonchev–Trinajstić information content (AvgIpc) is 2.35. The van der Waals surface area contributed by atoms with Crippen molar-refractivity contribution in [2.45, 2.75) is 19.4 Å². The van der Waals surface area contributed by atoms with Gasteiger partial charge in [0, 0.05) is 22.3 Å². The molecular formula is C14H14BrFN2O. The summed E-state index contributed by atoms with van der Waals surface area (Å²) in [5.74, 6) is 0.0939. The smallest absolute Gasteiger partial charge is 0.222 e. The van der Waals surface area contributed by atoms with Gasteiger partial charge in [0.15, 0.2) is 11.6 Å². The van der Waals surface area contributed by atoms with Crippen LogP contribution in [0.4, 0.5) is 4.39 Å². The highest BCUT2D eigenvalue weighted by atomic mass is 79.9. The van der Waals surface area contributed by atoms with Crippen LogP contribution in [0.3, 0.4) is 0 Å². The van der Waals surface area contributed by atoms with Gasteiger partial charge in [-0.3, -0.25) is 0 Å². The van der Waals surface area contributed by atoms with E-state index >= 15 is 0 Å². The Hall–Kier alpha value is -1.46. The van der Waals surface area contributed by atoms with Gasteiger partial charge in [-0.05, 0) is 37.6 Å². The Morgan fingerprint density at radius 2 is 2.21 bits per heavy atom. The fourth-order valence-electron chi connectivity index (χ4n) is 1.68. The number of hydrogen-bond donors (Lipinski definition) is 1. The summed E-state index contributed by atoms with van der Waals surface area (Å²) in [6, 6.07) is 8.19. The van der Waals surface area contributed by atoms with Gasteiger partial charge in [0.1, 0.15) is 0 Å². The van der Waals surface area contributed by atoms with Crippen LogP contribution in [0.5, 0.6) is 11.6 Å². The van der Waals surface area contributed by atoms with Crippen molar-refractivity contribution in [3.63, 3.8) is 0 Å². The van der Waals surface area contributed by atoms with Gasteiger partial charge >= 0.3 is 0 Å². The molecule has 0 saturated carbocycles. The minimum atomic E-state index is -0.430. The highest BCUT2D eigenvalue weighted by Gasteiger charge is 2.11. The van der Waals surface area contributed by atoms with Crippen molar-refractivity contribution in [1.29, 1.82) is 0 Å². The maximum absolute atomic E-state index is 13.7. The molecule has 0 aliphatic carbocycles. The van der Waals surface area contributed by atoms with Crippen molar-refractivity contribution >= 4 is 15.9 Å². The molecule has 2 N–H and O–H groups in total. The zero-order chi connectivity index (χ0) is 13.8. The molecule has 0 amide bonds. The van der Waals surface area contributed by atoms with Gasteiger partial charge in [0.05, 0.1) is 0 Å². The van der Waals surface area contributed by atoms with Crippen LogP contribution in [0.1, 0.15) is 12.5 Å². The maximum atomic E-state index is 13.7. The number of nitrogens with two attached hydrogens (primary N) is 1. The van der Waals surface area contributed by atoms with E-state index in [0.29, 0.717) is 12.3 Å². The second-order valence-electron chi connectivity index (χ2n) is 4.33. The minimum absolute atomic E-state index is 0.0149. The summed E-state index contributed by atoms with van der Waals surface area (Å²) < 4.78 is 19.9. The Bertz CT molecular complexity index is 575. The van der Waals surface area contributed by atoms with Crippen LogP contribution in [-0.4, -0.2) is 11.0 Å². The first kappa shape index (κ1) is 14.0. The lowest BCUT2D eigenvalue weighted by Gasteiger charge is -2.12. The van der Waals surface area contributed by atoms with Crippen molar-refractivity contribution < 1.29 is 9.13 Å². The molecule has 0 aliphatic heterocycles. The first-order valence-electron chi connectivity index (χ1n) is 5.88. The second kappa shape index (κ2) is 6.12. The third kappa shape index (κ3) is 3.75. The summed E-state index contributed by atoms with van der Waals surface area (Å²) in [5, 5.41) is 0. The molecule has 1 atom stereocenters. The number of pyridine rings is 1. The van der Waals surface area contributed by atoms with Crippen molar-refractivity contribution in [3.8, 4) is 11.6 Å². The Kier molecular flexibility index (Phi) is 4.50. The molecule has 1 aromatic heterocycles. The van der Waals surface area contributed by atoms with E-state index in [4.69, 9.17) is 10.5 Å². The first-order valence-corrected chi connectivity index (χ1v) is 6.68. The molecule has 0 aliphatic rings. The summed E-state index contributed by atoms with van der Waals surface area (Å²) in [6.07, 6.45) is 2.23. The zero-order valence-corrected chi connectivity index (χ0v) is 12.0. The topological polar surface area (TPSA) is 48.1 Å². The Morgan fingerprint density at radius 3 is 2.95 bits per heavy atom. The van der Waals surface area contributed by atoms with E-state index in [1.807, 2.05) is 19.1 Å². The van der Waals surface area contributed by atoms with Crippen molar-refractivity contribution in [3.05, 3.63) is 52.4 Å². The minimum Gasteiger partial charge on any atom is -0.436 e. The Labute approximate surface area is 119 Å². The molecule has 100 valence electrons. The Morgan fingerprint density at radius 1 is 1.42 bits per heavy atom. The predicted octanol–water partition coefficient (Wildman–Crippen LogP) is 3.67. The molecule has 0 saturated heterocycles. The molecule has 0 spiro atoms. The number of benzene rings is 1. The molecule has 1 heterocycles. The predicted molar refractivity (Wildman–Crippen MR) is 75.8 cm³/mol. The van der Waals surface area contributed by atoms with Gasteiger partial charge < -0.3 is 10.5 Å². The highest BCUT2D eigenvalue weighted by Crippen LogP contribution is 2.28. The van der Waals surface area contributed by atoms with Gasteiger partial charge in [-0.25, -0.2) is 9.37 Å². The summed E-state index contributed by atoms with van der Waals surface area (Å²) in [7, 11) is 0. The highest BCUT2D eigenvalue weighted by molar-refractivity contribution is 9.10. The van der Waals surface area contributed by atoms with Crippen molar-refractivity contribution in [2.24, 2.45) is 5.73 Å². The van der Waals surface area contributed by atoms with Crippen LogP contribution < -0.4 is 10.5 Å². The molecule has 3 nitrogen and oxygen atoms in total. The van der Waals surface area contributed by atoms with E-state index < -0.39 is 5.82 Å². The number of rotatable bonds is 4. The number of nitrogens with zero attached hydrogens (tertiary/aromatic N) is 1. The van der Waals surface area contributed by atoms with Gasteiger partial charge in [0.25, 0.3) is 0 Å². The van der Waals surface area contributed by atoms with Crippen LogP contribution in [0.15, 0.2) is 41.0 Å². The molecule has 0 bridgehead atoms. The molecular weight excluding hydrogens is 311 g/mol. The number of halogens is 2. The quantitative estimate of drug-likeness (QED) is 0.933. The fraction of sp³-hybridized carbons (Fsp3) is 0.214. The second-order valence-corrected chi connectivity index (χ2v) is 5.24. The lowest BCUT2D eigenvalue weighted by Crippen LogP contribution is -2.18. The van der Waals surface area contributed by atoms with E-state index in [1.165, 1.54) is 6.07 Å². The molecule has 19 heavy (non-hydrogen) atoms. The summed E-state index contributed by atoms with van der Waals surface area (Å²) >= 11 is 3.28. The average molecular weight is 325 g/mol. The zero-order valence-electron chi connectivity index (χ0n) is 10.4. The molecule has 0 radical (unpaired) electrons.